The van der Waals surface area contributed by atoms with Crippen molar-refractivity contribution in [3.05, 3.63) is 70.2 Å². The second-order valence-electron chi connectivity index (χ2n) is 5.20. The number of oxazole rings is 1. The number of carbonyl (C=O) groups is 1. The van der Waals surface area contributed by atoms with E-state index in [1.807, 2.05) is 0 Å². The van der Waals surface area contributed by atoms with Gasteiger partial charge in [-0.05, 0) is 31.2 Å². The molecular weight excluding hydrogens is 343 g/mol. The van der Waals surface area contributed by atoms with Crippen LogP contribution < -0.4 is 0 Å². The van der Waals surface area contributed by atoms with Crippen molar-refractivity contribution < 1.29 is 23.3 Å². The molecule has 0 radical (unpaired) electrons. The maximum atomic E-state index is 14.0. The number of aromatic nitrogens is 1. The Kier molecular flexibility index (Phi) is 4.74. The Labute approximate surface area is 147 Å². The van der Waals surface area contributed by atoms with Crippen LogP contribution >= 0.6 is 0 Å². The van der Waals surface area contributed by atoms with Gasteiger partial charge in [0.25, 0.3) is 5.69 Å². The van der Waals surface area contributed by atoms with Gasteiger partial charge in [0.2, 0.25) is 5.89 Å². The summed E-state index contributed by atoms with van der Waals surface area (Å²) in [4.78, 5) is 26.5. The lowest BCUT2D eigenvalue weighted by atomic mass is 10.1. The average Bonchev–Trinajstić information content (AvgIpc) is 3.07. The van der Waals surface area contributed by atoms with Gasteiger partial charge >= 0.3 is 5.97 Å². The standard InChI is InChI=1S/C18H13FN2O5/c1-2-25-18(22)15-16(11-7-9-12(10-8-11)21(23)24)26-17(20-15)13-5-3-4-6-14(13)19/h3-10H,2H2,1H3. The molecule has 0 aliphatic rings. The normalized spacial score (nSPS) is 10.5. The highest BCUT2D eigenvalue weighted by atomic mass is 19.1. The zero-order valence-electron chi connectivity index (χ0n) is 13.6. The predicted molar refractivity (Wildman–Crippen MR) is 89.9 cm³/mol. The second kappa shape index (κ2) is 7.14. The number of ether oxygens (including phenoxy) is 1. The third-order valence-corrected chi connectivity index (χ3v) is 3.54. The summed E-state index contributed by atoms with van der Waals surface area (Å²) < 4.78 is 24.6. The third kappa shape index (κ3) is 3.30. The molecule has 1 aromatic heterocycles. The maximum absolute atomic E-state index is 14.0. The molecule has 0 aliphatic carbocycles. The predicted octanol–water partition coefficient (Wildman–Crippen LogP) is 4.23. The molecule has 0 N–H and O–H groups in total. The van der Waals surface area contributed by atoms with Crippen LogP contribution in [0.5, 0.6) is 0 Å². The second-order valence-corrected chi connectivity index (χ2v) is 5.20. The molecule has 0 fully saturated rings. The lowest BCUT2D eigenvalue weighted by molar-refractivity contribution is -0.384. The first-order valence-corrected chi connectivity index (χ1v) is 7.69. The number of hydrogen-bond donors (Lipinski definition) is 0. The lowest BCUT2D eigenvalue weighted by Gasteiger charge is -2.01. The van der Waals surface area contributed by atoms with Crippen molar-refractivity contribution in [3.63, 3.8) is 0 Å². The van der Waals surface area contributed by atoms with Crippen LogP contribution in [0.4, 0.5) is 10.1 Å². The molecule has 1 heterocycles. The van der Waals surface area contributed by atoms with Crippen LogP contribution in [0.1, 0.15) is 17.4 Å². The summed E-state index contributed by atoms with van der Waals surface area (Å²) in [5, 5.41) is 10.8. The number of carbonyl (C=O) groups excluding carboxylic acids is 1. The molecule has 2 aromatic carbocycles. The van der Waals surface area contributed by atoms with E-state index in [4.69, 9.17) is 9.15 Å². The van der Waals surface area contributed by atoms with E-state index in [-0.39, 0.29) is 35.2 Å². The minimum atomic E-state index is -0.729. The Morgan fingerprint density at radius 2 is 1.92 bits per heavy atom. The summed E-state index contributed by atoms with van der Waals surface area (Å²) in [6.45, 7) is 1.77. The fourth-order valence-electron chi connectivity index (χ4n) is 2.34. The molecule has 0 aliphatic heterocycles. The number of nitrogens with zero attached hydrogens (tertiary/aromatic N) is 2. The minimum Gasteiger partial charge on any atom is -0.461 e. The van der Waals surface area contributed by atoms with Crippen LogP contribution in [-0.4, -0.2) is 22.5 Å². The van der Waals surface area contributed by atoms with Crippen molar-refractivity contribution in [2.24, 2.45) is 0 Å². The van der Waals surface area contributed by atoms with E-state index in [1.165, 1.54) is 42.5 Å². The van der Waals surface area contributed by atoms with E-state index >= 15 is 0 Å². The zero-order chi connectivity index (χ0) is 18.7. The van der Waals surface area contributed by atoms with Gasteiger partial charge in [0, 0.05) is 17.7 Å². The number of nitro groups is 1. The first kappa shape index (κ1) is 17.3. The summed E-state index contributed by atoms with van der Waals surface area (Å²) in [6, 6.07) is 11.2. The van der Waals surface area contributed by atoms with Gasteiger partial charge in [0.15, 0.2) is 11.5 Å². The van der Waals surface area contributed by atoms with Crippen molar-refractivity contribution in [1.29, 1.82) is 0 Å². The maximum Gasteiger partial charge on any atom is 0.361 e. The van der Waals surface area contributed by atoms with Gasteiger partial charge in [-0.15, -0.1) is 0 Å². The van der Waals surface area contributed by atoms with E-state index in [9.17, 15) is 19.3 Å². The first-order chi connectivity index (χ1) is 12.5. The van der Waals surface area contributed by atoms with Gasteiger partial charge < -0.3 is 9.15 Å². The van der Waals surface area contributed by atoms with E-state index < -0.39 is 16.7 Å². The first-order valence-electron chi connectivity index (χ1n) is 7.69. The minimum absolute atomic E-state index is 0.0524. The summed E-state index contributed by atoms with van der Waals surface area (Å²) in [6.07, 6.45) is 0. The Morgan fingerprint density at radius 3 is 2.54 bits per heavy atom. The Bertz CT molecular complexity index is 966. The SMILES string of the molecule is CCOC(=O)c1nc(-c2ccccc2F)oc1-c1ccc([N+](=O)[O-])cc1. The van der Waals surface area contributed by atoms with Crippen molar-refractivity contribution in [1.82, 2.24) is 4.98 Å². The number of non-ortho nitro benzene ring substituents is 1. The molecule has 0 saturated carbocycles. The van der Waals surface area contributed by atoms with E-state index in [0.29, 0.717) is 5.56 Å². The Hall–Kier alpha value is -3.55. The monoisotopic (exact) mass is 356 g/mol. The molecular formula is C18H13FN2O5. The van der Waals surface area contributed by atoms with Gasteiger partial charge in [-0.3, -0.25) is 10.1 Å². The van der Waals surface area contributed by atoms with Gasteiger partial charge in [0.1, 0.15) is 5.82 Å². The van der Waals surface area contributed by atoms with Crippen LogP contribution in [0, 0.1) is 15.9 Å². The molecule has 0 unspecified atom stereocenters. The molecule has 0 spiro atoms. The smallest absolute Gasteiger partial charge is 0.361 e. The van der Waals surface area contributed by atoms with Gasteiger partial charge in [-0.2, -0.15) is 0 Å². The Morgan fingerprint density at radius 1 is 1.23 bits per heavy atom. The quantitative estimate of drug-likeness (QED) is 0.386. The summed E-state index contributed by atoms with van der Waals surface area (Å²) in [7, 11) is 0. The summed E-state index contributed by atoms with van der Waals surface area (Å²) in [5.41, 5.74) is 0.235. The molecule has 0 saturated heterocycles. The molecule has 7 nitrogen and oxygen atoms in total. The average molecular weight is 356 g/mol. The highest BCUT2D eigenvalue weighted by Crippen LogP contribution is 2.32. The zero-order valence-corrected chi connectivity index (χ0v) is 13.6. The fourth-order valence-corrected chi connectivity index (χ4v) is 2.34. The highest BCUT2D eigenvalue weighted by Gasteiger charge is 2.24. The van der Waals surface area contributed by atoms with Gasteiger partial charge in [-0.25, -0.2) is 14.2 Å². The van der Waals surface area contributed by atoms with Crippen LogP contribution in [0.2, 0.25) is 0 Å². The van der Waals surface area contributed by atoms with Crippen LogP contribution in [-0.2, 0) is 4.74 Å². The molecule has 26 heavy (non-hydrogen) atoms. The molecule has 3 aromatic rings. The largest absolute Gasteiger partial charge is 0.461 e. The van der Waals surface area contributed by atoms with Crippen molar-refractivity contribution in [2.45, 2.75) is 6.92 Å². The van der Waals surface area contributed by atoms with Gasteiger partial charge in [0.05, 0.1) is 17.1 Å². The van der Waals surface area contributed by atoms with Gasteiger partial charge in [-0.1, -0.05) is 12.1 Å². The lowest BCUT2D eigenvalue weighted by Crippen LogP contribution is -2.06. The number of halogens is 1. The van der Waals surface area contributed by atoms with Crippen LogP contribution in [0.3, 0.4) is 0 Å². The molecule has 0 atom stereocenters. The molecule has 0 bridgehead atoms. The summed E-state index contributed by atoms with van der Waals surface area (Å²) >= 11 is 0. The van der Waals surface area contributed by atoms with Crippen molar-refractivity contribution >= 4 is 11.7 Å². The molecule has 8 heteroatoms. The van der Waals surface area contributed by atoms with Crippen molar-refractivity contribution in [2.75, 3.05) is 6.61 Å². The fraction of sp³-hybridized carbons (Fsp3) is 0.111. The number of nitro benzene ring substituents is 1. The molecule has 0 amide bonds. The van der Waals surface area contributed by atoms with E-state index in [0.717, 1.165) is 0 Å². The van der Waals surface area contributed by atoms with E-state index in [1.54, 1.807) is 13.0 Å². The summed E-state index contributed by atoms with van der Waals surface area (Å²) in [5.74, 6) is -1.32. The van der Waals surface area contributed by atoms with E-state index in [2.05, 4.69) is 4.98 Å². The molecule has 3 rings (SSSR count). The number of hydrogen-bond acceptors (Lipinski definition) is 6. The van der Waals surface area contributed by atoms with Crippen LogP contribution in [0.25, 0.3) is 22.8 Å². The number of esters is 1. The molecule has 132 valence electrons. The Balaban J connectivity index is 2.12. The van der Waals surface area contributed by atoms with Crippen molar-refractivity contribution in [3.8, 4) is 22.8 Å². The van der Waals surface area contributed by atoms with Crippen LogP contribution in [0.15, 0.2) is 52.9 Å². The highest BCUT2D eigenvalue weighted by molar-refractivity contribution is 5.94. The number of benzene rings is 2. The third-order valence-electron chi connectivity index (χ3n) is 3.54. The topological polar surface area (TPSA) is 95.5 Å². The number of rotatable bonds is 5.